The van der Waals surface area contributed by atoms with E-state index in [0.29, 0.717) is 12.0 Å². The third-order valence-corrected chi connectivity index (χ3v) is 7.37. The van der Waals surface area contributed by atoms with Gasteiger partial charge in [-0.05, 0) is 54.5 Å². The van der Waals surface area contributed by atoms with Crippen molar-refractivity contribution < 1.29 is 29.4 Å². The van der Waals surface area contributed by atoms with Crippen LogP contribution >= 0.6 is 0 Å². The van der Waals surface area contributed by atoms with Gasteiger partial charge in [-0.1, -0.05) is 44.2 Å². The van der Waals surface area contributed by atoms with E-state index in [2.05, 4.69) is 25.9 Å². The van der Waals surface area contributed by atoms with Crippen LogP contribution in [0.15, 0.2) is 59.7 Å². The second-order valence-electron chi connectivity index (χ2n) is 11.6. The number of aliphatic imine (C=N–C) groups is 1. The summed E-state index contributed by atoms with van der Waals surface area (Å²) in [5.74, 6) is -3.22. The van der Waals surface area contributed by atoms with Gasteiger partial charge in [-0.3, -0.25) is 19.4 Å². The SMILES string of the molecule is CC(C)CC(NC(=O)C(Cc1ccc(O)cc1)NC(=O)C(Cc1c[nH]c2ccccc12)NC(=O)C(N)CCCN=C(N)N)C(=O)O. The van der Waals surface area contributed by atoms with Gasteiger partial charge < -0.3 is 48.3 Å². The van der Waals surface area contributed by atoms with Gasteiger partial charge in [0.15, 0.2) is 5.96 Å². The minimum atomic E-state index is -1.21. The fourth-order valence-electron chi connectivity index (χ4n) is 4.97. The quantitative estimate of drug-likeness (QED) is 0.0571. The molecule has 14 heteroatoms. The Morgan fingerprint density at radius 2 is 1.48 bits per heavy atom. The first-order chi connectivity index (χ1) is 21.8. The van der Waals surface area contributed by atoms with Gasteiger partial charge in [0.05, 0.1) is 6.04 Å². The van der Waals surface area contributed by atoms with Crippen molar-refractivity contribution in [1.82, 2.24) is 20.9 Å². The molecule has 0 aliphatic carbocycles. The van der Waals surface area contributed by atoms with Crippen LogP contribution in [0.4, 0.5) is 0 Å². The van der Waals surface area contributed by atoms with E-state index in [1.54, 1.807) is 18.3 Å². The van der Waals surface area contributed by atoms with Crippen molar-refractivity contribution in [2.24, 2.45) is 28.1 Å². The highest BCUT2D eigenvalue weighted by molar-refractivity contribution is 5.95. The second kappa shape index (κ2) is 16.8. The molecular formula is C32H44N8O6. The summed E-state index contributed by atoms with van der Waals surface area (Å²) in [5.41, 5.74) is 19.0. The van der Waals surface area contributed by atoms with E-state index in [1.165, 1.54) is 12.1 Å². The molecule has 248 valence electrons. The Kier molecular flexibility index (Phi) is 12.9. The second-order valence-corrected chi connectivity index (χ2v) is 11.6. The van der Waals surface area contributed by atoms with Gasteiger partial charge in [-0.15, -0.1) is 0 Å². The van der Waals surface area contributed by atoms with E-state index in [1.807, 2.05) is 38.1 Å². The van der Waals surface area contributed by atoms with Crippen LogP contribution in [-0.4, -0.2) is 75.6 Å². The lowest BCUT2D eigenvalue weighted by molar-refractivity contribution is -0.142. The molecule has 0 saturated heterocycles. The Balaban J connectivity index is 1.87. The monoisotopic (exact) mass is 636 g/mol. The predicted molar refractivity (Wildman–Crippen MR) is 175 cm³/mol. The van der Waals surface area contributed by atoms with Crippen LogP contribution < -0.4 is 33.2 Å². The standard InChI is InChI=1S/C32H44N8O6/c1-18(2)14-27(31(45)46)40-29(43)25(15-19-9-11-21(41)12-10-19)39-30(44)26(16-20-17-37-24-8-4-3-6-22(20)24)38-28(42)23(33)7-5-13-36-32(34)35/h3-4,6,8-12,17-18,23,25-27,37,41H,5,7,13-16,33H2,1-2H3,(H,38,42)(H,39,44)(H,40,43)(H,45,46)(H4,34,35,36). The van der Waals surface area contributed by atoms with Gasteiger partial charge in [-0.25, -0.2) is 4.79 Å². The summed E-state index contributed by atoms with van der Waals surface area (Å²) in [4.78, 5) is 59.5. The third-order valence-electron chi connectivity index (χ3n) is 7.37. The fourth-order valence-corrected chi connectivity index (χ4v) is 4.97. The van der Waals surface area contributed by atoms with Crippen molar-refractivity contribution in [3.63, 3.8) is 0 Å². The topological polar surface area (TPSA) is 251 Å². The molecule has 0 saturated carbocycles. The maximum absolute atomic E-state index is 13.9. The number of rotatable bonds is 17. The average molecular weight is 637 g/mol. The van der Waals surface area contributed by atoms with E-state index < -0.39 is 47.9 Å². The molecule has 1 aromatic heterocycles. The number of nitrogens with one attached hydrogen (secondary N) is 4. The number of carboxylic acid groups (broad SMARTS) is 1. The van der Waals surface area contributed by atoms with Crippen LogP contribution in [0.5, 0.6) is 5.75 Å². The number of aromatic amines is 1. The number of phenolic OH excluding ortho intramolecular Hbond substituents is 1. The number of nitrogens with two attached hydrogens (primary N) is 3. The van der Waals surface area contributed by atoms with Crippen molar-refractivity contribution in [2.45, 2.75) is 70.1 Å². The normalized spacial score (nSPS) is 13.7. The lowest BCUT2D eigenvalue weighted by atomic mass is 10.00. The van der Waals surface area contributed by atoms with Crippen LogP contribution in [0.1, 0.15) is 44.2 Å². The number of fused-ring (bicyclic) bond motifs is 1. The molecule has 2 aromatic carbocycles. The number of aromatic hydroxyl groups is 1. The van der Waals surface area contributed by atoms with Gasteiger partial charge in [-0.2, -0.15) is 0 Å². The van der Waals surface area contributed by atoms with Gasteiger partial charge in [0, 0.05) is 36.5 Å². The molecule has 46 heavy (non-hydrogen) atoms. The van der Waals surface area contributed by atoms with Crippen molar-refractivity contribution in [2.75, 3.05) is 6.54 Å². The maximum Gasteiger partial charge on any atom is 0.326 e. The molecule has 0 aliphatic heterocycles. The molecule has 0 bridgehead atoms. The Hall–Kier alpha value is -5.11. The lowest BCUT2D eigenvalue weighted by Gasteiger charge is -2.26. The summed E-state index contributed by atoms with van der Waals surface area (Å²) in [6, 6.07) is 9.08. The zero-order chi connectivity index (χ0) is 33.8. The Bertz CT molecular complexity index is 1520. The zero-order valence-electron chi connectivity index (χ0n) is 26.0. The number of amides is 3. The summed E-state index contributed by atoms with van der Waals surface area (Å²) < 4.78 is 0. The lowest BCUT2D eigenvalue weighted by Crippen LogP contribution is -2.58. The highest BCUT2D eigenvalue weighted by atomic mass is 16.4. The first-order valence-corrected chi connectivity index (χ1v) is 15.1. The van der Waals surface area contributed by atoms with Gasteiger partial charge in [0.25, 0.3) is 0 Å². The number of benzene rings is 2. The maximum atomic E-state index is 13.9. The summed E-state index contributed by atoms with van der Waals surface area (Å²) in [5, 5.41) is 28.3. The molecule has 0 radical (unpaired) electrons. The molecule has 12 N–H and O–H groups in total. The summed E-state index contributed by atoms with van der Waals surface area (Å²) in [7, 11) is 0. The van der Waals surface area contributed by atoms with Crippen LogP contribution in [-0.2, 0) is 32.0 Å². The molecule has 0 fully saturated rings. The van der Waals surface area contributed by atoms with Gasteiger partial charge in [0.2, 0.25) is 17.7 Å². The molecular weight excluding hydrogens is 592 g/mol. The van der Waals surface area contributed by atoms with Gasteiger partial charge >= 0.3 is 5.97 Å². The summed E-state index contributed by atoms with van der Waals surface area (Å²) in [6.07, 6.45) is 2.67. The number of aliphatic carboxylic acids is 1. The molecule has 4 atom stereocenters. The predicted octanol–water partition coefficient (Wildman–Crippen LogP) is 0.625. The van der Waals surface area contributed by atoms with E-state index in [4.69, 9.17) is 17.2 Å². The third kappa shape index (κ3) is 10.8. The summed E-state index contributed by atoms with van der Waals surface area (Å²) >= 11 is 0. The number of carboxylic acids is 1. The number of nitrogens with zero attached hydrogens (tertiary/aromatic N) is 1. The largest absolute Gasteiger partial charge is 0.508 e. The molecule has 0 spiro atoms. The Morgan fingerprint density at radius 3 is 2.11 bits per heavy atom. The number of carbonyl (C=O) groups excluding carboxylic acids is 3. The first-order valence-electron chi connectivity index (χ1n) is 15.1. The number of hydrogen-bond donors (Lipinski definition) is 9. The summed E-state index contributed by atoms with van der Waals surface area (Å²) in [6.45, 7) is 3.95. The Labute approximate surface area is 267 Å². The van der Waals surface area contributed by atoms with Crippen LogP contribution in [0.25, 0.3) is 10.9 Å². The van der Waals surface area contributed by atoms with Crippen molar-refractivity contribution >= 4 is 40.6 Å². The zero-order valence-corrected chi connectivity index (χ0v) is 26.0. The van der Waals surface area contributed by atoms with Gasteiger partial charge in [0.1, 0.15) is 23.9 Å². The molecule has 3 rings (SSSR count). The first kappa shape index (κ1) is 35.4. The number of guanidine groups is 1. The highest BCUT2D eigenvalue weighted by Crippen LogP contribution is 2.20. The average Bonchev–Trinajstić information content (AvgIpc) is 3.41. The minimum absolute atomic E-state index is 0.00999. The van der Waals surface area contributed by atoms with Crippen molar-refractivity contribution in [3.8, 4) is 5.75 Å². The van der Waals surface area contributed by atoms with Crippen LogP contribution in [0, 0.1) is 5.92 Å². The van der Waals surface area contributed by atoms with Crippen molar-refractivity contribution in [3.05, 3.63) is 65.9 Å². The molecule has 1 heterocycles. The molecule has 3 amide bonds. The van der Waals surface area contributed by atoms with E-state index in [9.17, 15) is 29.4 Å². The van der Waals surface area contributed by atoms with Crippen LogP contribution in [0.2, 0.25) is 0 Å². The minimum Gasteiger partial charge on any atom is -0.508 e. The molecule has 14 nitrogen and oxygen atoms in total. The number of aromatic nitrogens is 1. The number of para-hydroxylation sites is 1. The van der Waals surface area contributed by atoms with E-state index in [0.717, 1.165) is 16.5 Å². The molecule has 3 aromatic rings. The highest BCUT2D eigenvalue weighted by Gasteiger charge is 2.31. The number of H-pyrrole nitrogens is 1. The van der Waals surface area contributed by atoms with Crippen molar-refractivity contribution in [1.29, 1.82) is 0 Å². The number of phenols is 1. The number of hydrogen-bond acceptors (Lipinski definition) is 7. The number of carbonyl (C=O) groups is 4. The fraction of sp³-hybridized carbons (Fsp3) is 0.406. The molecule has 4 unspecified atom stereocenters. The van der Waals surface area contributed by atoms with Crippen LogP contribution in [0.3, 0.4) is 0 Å². The Morgan fingerprint density at radius 1 is 0.870 bits per heavy atom. The van der Waals surface area contributed by atoms with E-state index >= 15 is 0 Å². The van der Waals surface area contributed by atoms with E-state index in [-0.39, 0.29) is 49.9 Å². The molecule has 0 aliphatic rings. The smallest absolute Gasteiger partial charge is 0.326 e.